The molecule has 5 aromatic carbocycles. The quantitative estimate of drug-likeness (QED) is 0.0592. The van der Waals surface area contributed by atoms with Gasteiger partial charge in [0.05, 0.1) is 24.2 Å². The smallest absolute Gasteiger partial charge is 0.408 e. The second kappa shape index (κ2) is 28.8. The van der Waals surface area contributed by atoms with Crippen LogP contribution in [0.25, 0.3) is 22.3 Å². The summed E-state index contributed by atoms with van der Waals surface area (Å²) in [6.45, 7) is 19.8. The summed E-state index contributed by atoms with van der Waals surface area (Å²) in [4.78, 5) is 71.2. The second-order valence-corrected chi connectivity index (χ2v) is 23.4. The van der Waals surface area contributed by atoms with Gasteiger partial charge in [-0.15, -0.1) is 0 Å². The highest BCUT2D eigenvalue weighted by Gasteiger charge is 2.43. The van der Waals surface area contributed by atoms with Crippen molar-refractivity contribution in [3.8, 4) is 22.3 Å². The van der Waals surface area contributed by atoms with E-state index >= 15 is 0 Å². The van der Waals surface area contributed by atoms with Gasteiger partial charge in [-0.2, -0.15) is 0 Å². The summed E-state index contributed by atoms with van der Waals surface area (Å²) in [5, 5.41) is 19.4. The molecule has 0 aromatic heterocycles. The number of anilines is 2. The number of likely N-dealkylation sites (N-methyl/N-ethyl adjacent to an activating group) is 1. The summed E-state index contributed by atoms with van der Waals surface area (Å²) < 4.78 is 5.00. The Kier molecular flexibility index (Phi) is 22.4. The van der Waals surface area contributed by atoms with Gasteiger partial charge in [-0.05, 0) is 168 Å². The molecule has 2 aliphatic heterocycles. The molecule has 3 amide bonds. The summed E-state index contributed by atoms with van der Waals surface area (Å²) in [5.74, 6) is 0.408. The van der Waals surface area contributed by atoms with E-state index in [1.807, 2.05) is 101 Å². The molecule has 2 aliphatic carbocycles. The van der Waals surface area contributed by atoms with Crippen LogP contribution in [-0.4, -0.2) is 103 Å². The number of benzene rings is 5. The number of nitrogens with zero attached hydrogens (tertiary/aromatic N) is 2. The summed E-state index contributed by atoms with van der Waals surface area (Å²) in [5.41, 5.74) is 15.9. The minimum atomic E-state index is -0.570. The van der Waals surface area contributed by atoms with Crippen LogP contribution in [-0.2, 0) is 65.5 Å². The van der Waals surface area contributed by atoms with Gasteiger partial charge in [0.1, 0.15) is 19.2 Å². The Morgan fingerprint density at radius 1 is 0.713 bits per heavy atom. The van der Waals surface area contributed by atoms with Gasteiger partial charge in [-0.25, -0.2) is 4.79 Å². The third-order valence-electron chi connectivity index (χ3n) is 16.1. The summed E-state index contributed by atoms with van der Waals surface area (Å²) in [6.07, 6.45) is 9.27. The molecule has 0 saturated carbocycles. The van der Waals surface area contributed by atoms with E-state index in [1.165, 1.54) is 44.5 Å². The van der Waals surface area contributed by atoms with Crippen molar-refractivity contribution in [2.45, 2.75) is 155 Å². The zero-order valence-corrected chi connectivity index (χ0v) is 48.8. The van der Waals surface area contributed by atoms with Crippen LogP contribution >= 0.6 is 0 Å². The highest BCUT2D eigenvalue weighted by molar-refractivity contribution is 5.96. The lowest BCUT2D eigenvalue weighted by Gasteiger charge is -2.31. The van der Waals surface area contributed by atoms with E-state index in [2.05, 4.69) is 103 Å². The molecule has 0 bridgehead atoms. The van der Waals surface area contributed by atoms with Crippen LogP contribution in [0.3, 0.4) is 0 Å². The topological polar surface area (TPSA) is 186 Å². The van der Waals surface area contributed by atoms with Crippen molar-refractivity contribution in [2.75, 3.05) is 37.8 Å². The Bertz CT molecular complexity index is 2890. The van der Waals surface area contributed by atoms with Crippen molar-refractivity contribution in [3.63, 3.8) is 0 Å². The maximum Gasteiger partial charge on any atom is 0.408 e. The molecule has 0 spiro atoms. The molecule has 9 rings (SSSR count). The molecule has 5 aromatic rings. The second-order valence-electron chi connectivity index (χ2n) is 23.4. The molecule has 4 atom stereocenters. The number of ether oxygens (including phenoxy) is 1. The van der Waals surface area contributed by atoms with E-state index in [9.17, 15) is 24.0 Å². The van der Waals surface area contributed by atoms with E-state index in [0.29, 0.717) is 19.4 Å². The third-order valence-corrected chi connectivity index (χ3v) is 16.1. The Hall–Kier alpha value is -7.16. The molecule has 2 saturated heterocycles. The molecule has 4 unspecified atom stereocenters. The predicted molar refractivity (Wildman–Crippen MR) is 320 cm³/mol. The molecule has 0 radical (unpaired) electrons. The van der Waals surface area contributed by atoms with Gasteiger partial charge >= 0.3 is 6.09 Å². The third kappa shape index (κ3) is 15.6. The lowest BCUT2D eigenvalue weighted by molar-refractivity contribution is -0.137. The number of rotatable bonds is 16. The first-order valence-corrected chi connectivity index (χ1v) is 28.4. The average Bonchev–Trinajstić information content (AvgIpc) is 4.43. The fraction of sp³-hybridized carbons (Fsp3) is 0.455. The Morgan fingerprint density at radius 2 is 1.25 bits per heavy atom. The zero-order chi connectivity index (χ0) is 58.1. The maximum absolute atomic E-state index is 13.1. The monoisotopic (exact) mass is 1090 g/mol. The van der Waals surface area contributed by atoms with Crippen molar-refractivity contribution in [2.24, 2.45) is 11.8 Å². The van der Waals surface area contributed by atoms with Crippen LogP contribution < -0.4 is 21.3 Å². The van der Waals surface area contributed by atoms with Crippen LogP contribution in [0.4, 0.5) is 16.2 Å². The van der Waals surface area contributed by atoms with Crippen molar-refractivity contribution in [1.29, 1.82) is 0 Å². The van der Waals surface area contributed by atoms with Gasteiger partial charge in [0.25, 0.3) is 6.47 Å². The van der Waals surface area contributed by atoms with Crippen molar-refractivity contribution in [3.05, 3.63) is 143 Å². The molecule has 14 heteroatoms. The van der Waals surface area contributed by atoms with Crippen LogP contribution in [0.5, 0.6) is 0 Å². The molecule has 5 N–H and O–H groups in total. The number of amides is 3. The van der Waals surface area contributed by atoms with Crippen LogP contribution in [0.1, 0.15) is 127 Å². The Balaban J connectivity index is 0.000000212. The maximum atomic E-state index is 13.1. The van der Waals surface area contributed by atoms with E-state index in [4.69, 9.17) is 14.6 Å². The minimum Gasteiger partial charge on any atom is -0.483 e. The fourth-order valence-electron chi connectivity index (χ4n) is 11.7. The number of nitrogens with one attached hydrogen (secondary N) is 4. The molecule has 4 aliphatic rings. The van der Waals surface area contributed by atoms with E-state index in [1.54, 1.807) is 4.90 Å². The van der Waals surface area contributed by atoms with Crippen molar-refractivity contribution >= 4 is 48.3 Å². The highest BCUT2D eigenvalue weighted by atomic mass is 16.5. The molecule has 2 heterocycles. The van der Waals surface area contributed by atoms with Gasteiger partial charge in [-0.1, -0.05) is 140 Å². The van der Waals surface area contributed by atoms with Crippen LogP contribution in [0.2, 0.25) is 0 Å². The summed E-state index contributed by atoms with van der Waals surface area (Å²) in [6, 6.07) is 36.0. The number of carboxylic acid groups (broad SMARTS) is 1. The number of aldehydes is 2. The number of likely N-dealkylation sites (tertiary alicyclic amines) is 2. The average molecular weight is 1090 g/mol. The van der Waals surface area contributed by atoms with Gasteiger partial charge in [0.15, 0.2) is 0 Å². The first-order valence-electron chi connectivity index (χ1n) is 28.4. The van der Waals surface area contributed by atoms with Gasteiger partial charge in [0.2, 0.25) is 11.8 Å². The number of fused-ring (bicyclic) bond motifs is 2. The zero-order valence-electron chi connectivity index (χ0n) is 48.8. The molecule has 80 heavy (non-hydrogen) atoms. The lowest BCUT2D eigenvalue weighted by atomic mass is 9.73. The van der Waals surface area contributed by atoms with Crippen molar-refractivity contribution in [1.82, 2.24) is 20.4 Å². The summed E-state index contributed by atoms with van der Waals surface area (Å²) >= 11 is 0. The van der Waals surface area contributed by atoms with E-state index < -0.39 is 12.1 Å². The lowest BCUT2D eigenvalue weighted by Crippen LogP contribution is -2.50. The molecule has 14 nitrogen and oxygen atoms in total. The normalized spacial score (nSPS) is 18.1. The SMILES string of the molecule is CC(C)C(C=O)NC(=O)OCc1ccccc1.CC(C)C(NCc1ccccc1)C(=O)N1CCCC1C=O.CNc1cccc(-c2c3c(c(-c4cccc(NC(=O)C5CCCN5C)c4)c4c2C(C)(C)CC4)C(C)(C)CC3)c1.O=CO. The first-order chi connectivity index (χ1) is 38.3. The largest absolute Gasteiger partial charge is 0.483 e. The number of alkyl carbamates (subject to hydrolysis) is 1. The fourth-order valence-corrected chi connectivity index (χ4v) is 11.7. The Labute approximate surface area is 474 Å². The van der Waals surface area contributed by atoms with Crippen LogP contribution in [0.15, 0.2) is 109 Å². The number of hydrogen-bond acceptors (Lipinski definition) is 10. The molecule has 428 valence electrons. The Morgan fingerprint density at radius 3 is 1.75 bits per heavy atom. The highest BCUT2D eigenvalue weighted by Crippen LogP contribution is 2.56. The number of carbonyl (C=O) groups excluding carboxylic acids is 5. The molecular weight excluding hydrogens is 1000 g/mol. The van der Waals surface area contributed by atoms with Crippen molar-refractivity contribution < 1.29 is 38.6 Å². The van der Waals surface area contributed by atoms with E-state index in [-0.39, 0.29) is 65.7 Å². The number of hydrogen-bond donors (Lipinski definition) is 5. The van der Waals surface area contributed by atoms with Gasteiger partial charge in [0, 0.05) is 31.5 Å². The van der Waals surface area contributed by atoms with Gasteiger partial charge < -0.3 is 45.6 Å². The predicted octanol–water partition coefficient (Wildman–Crippen LogP) is 11.4. The van der Waals surface area contributed by atoms with Crippen LogP contribution in [0, 0.1) is 11.8 Å². The molecular formula is C66H86N6O8. The number of carbonyl (C=O) groups is 6. The van der Waals surface area contributed by atoms with E-state index in [0.717, 1.165) is 86.7 Å². The molecule has 2 fully saturated rings. The minimum absolute atomic E-state index is 0.0328. The summed E-state index contributed by atoms with van der Waals surface area (Å²) in [7, 11) is 4.05. The standard InChI is InChI=1S/C35H43N3O.C17H24N2O2.C13H17NO3.CH2O2/c1-34(2)18-16-27-30(23-11-8-13-25(21-23)37-33(39)28-14-9-19-38(28)6)32-26(15-17-35(32,3)4)29(31(27)34)22-10-7-12-24(20-22)36-5;1-13(2)16(18-11-14-7-4-3-5-8-14)17(21)19-10-6-9-15(19)12-20;1-10(2)12(8-15)14-13(16)17-9-11-6-4-3-5-7-11;2-1-3/h7-8,10-13,20-21,28,36H,9,14-19H2,1-6H3,(H,37,39);3-5,7-8,12-13,15-16,18H,6,9-11H2,1-2H3;3-8,10,12H,9H2,1-2H3,(H,14,16);1H,(H,2,3). The first kappa shape index (κ1) is 62.0. The van der Waals surface area contributed by atoms with Gasteiger partial charge in [-0.3, -0.25) is 19.3 Å².